The Bertz CT molecular complexity index is 236. The van der Waals surface area contributed by atoms with Crippen molar-refractivity contribution in [2.24, 2.45) is 11.0 Å². The first-order valence-electron chi connectivity index (χ1n) is 4.45. The van der Waals surface area contributed by atoms with Crippen molar-refractivity contribution >= 4 is 5.78 Å². The molecule has 2 unspecified atom stereocenters. The van der Waals surface area contributed by atoms with Crippen molar-refractivity contribution in [3.05, 3.63) is 10.4 Å². The molecule has 0 bridgehead atoms. The zero-order chi connectivity index (χ0) is 9.68. The molecule has 1 aliphatic rings. The van der Waals surface area contributed by atoms with Crippen LogP contribution in [-0.4, -0.2) is 23.5 Å². The van der Waals surface area contributed by atoms with Crippen molar-refractivity contribution in [3.8, 4) is 0 Å². The Morgan fingerprint density at radius 3 is 3.00 bits per heavy atom. The van der Waals surface area contributed by atoms with Crippen LogP contribution >= 0.6 is 0 Å². The Balaban J connectivity index is 2.41. The van der Waals surface area contributed by atoms with Crippen LogP contribution in [0.15, 0.2) is 5.11 Å². The second-order valence-electron chi connectivity index (χ2n) is 3.37. The molecular weight excluding hydrogens is 170 g/mol. The molecule has 5 nitrogen and oxygen atoms in total. The normalized spacial score (nSPS) is 27.8. The number of carbonyl (C=O) groups is 1. The third-order valence-electron chi connectivity index (χ3n) is 2.39. The molecule has 1 rings (SSSR count). The fourth-order valence-corrected chi connectivity index (χ4v) is 1.69. The number of Topliss-reactive ketones (excluding diaryl/α,β-unsaturated/α-hetero) is 1. The highest BCUT2D eigenvalue weighted by Crippen LogP contribution is 2.24. The topological polar surface area (TPSA) is 86.1 Å². The minimum absolute atomic E-state index is 0.0449. The minimum Gasteiger partial charge on any atom is -0.393 e. The fourth-order valence-electron chi connectivity index (χ4n) is 1.69. The molecule has 0 aromatic carbocycles. The molecule has 1 aliphatic carbocycles. The molecule has 1 fully saturated rings. The number of rotatable bonds is 3. The van der Waals surface area contributed by atoms with Crippen LogP contribution in [0, 0.1) is 5.92 Å². The van der Waals surface area contributed by atoms with Gasteiger partial charge in [-0.3, -0.25) is 4.79 Å². The van der Waals surface area contributed by atoms with E-state index in [9.17, 15) is 9.90 Å². The van der Waals surface area contributed by atoms with Gasteiger partial charge in [-0.1, -0.05) is 11.5 Å². The largest absolute Gasteiger partial charge is 0.393 e. The van der Waals surface area contributed by atoms with Crippen LogP contribution in [0.1, 0.15) is 25.7 Å². The number of aliphatic hydroxyl groups excluding tert-OH is 1. The van der Waals surface area contributed by atoms with Gasteiger partial charge in [0.05, 0.1) is 12.6 Å². The molecule has 72 valence electrons. The van der Waals surface area contributed by atoms with E-state index in [2.05, 4.69) is 10.0 Å². The van der Waals surface area contributed by atoms with E-state index >= 15 is 0 Å². The van der Waals surface area contributed by atoms with Crippen LogP contribution in [0.2, 0.25) is 0 Å². The van der Waals surface area contributed by atoms with Crippen molar-refractivity contribution in [2.75, 3.05) is 6.54 Å². The van der Waals surface area contributed by atoms with Crippen molar-refractivity contribution in [2.45, 2.75) is 31.8 Å². The first-order valence-corrected chi connectivity index (χ1v) is 4.45. The molecule has 0 aliphatic heterocycles. The predicted octanol–water partition coefficient (Wildman–Crippen LogP) is 1.42. The Labute approximate surface area is 76.4 Å². The number of hydrogen-bond donors (Lipinski definition) is 1. The van der Waals surface area contributed by atoms with Gasteiger partial charge in [-0.15, -0.1) is 0 Å². The maximum Gasteiger partial charge on any atom is 0.141 e. The molecule has 0 aromatic rings. The highest BCUT2D eigenvalue weighted by molar-refractivity contribution is 5.83. The SMILES string of the molecule is [N-]=[N+]=NCC(=O)C1CCCC(O)C1. The van der Waals surface area contributed by atoms with Crippen molar-refractivity contribution < 1.29 is 9.90 Å². The molecular formula is C8H13N3O2. The molecule has 0 amide bonds. The summed E-state index contributed by atoms with van der Waals surface area (Å²) in [6.07, 6.45) is 2.66. The summed E-state index contributed by atoms with van der Waals surface area (Å²) in [7, 11) is 0. The summed E-state index contributed by atoms with van der Waals surface area (Å²) >= 11 is 0. The van der Waals surface area contributed by atoms with Gasteiger partial charge >= 0.3 is 0 Å². The van der Waals surface area contributed by atoms with Gasteiger partial charge in [0.25, 0.3) is 0 Å². The van der Waals surface area contributed by atoms with Gasteiger partial charge in [0.1, 0.15) is 5.78 Å². The van der Waals surface area contributed by atoms with E-state index in [4.69, 9.17) is 5.53 Å². The van der Waals surface area contributed by atoms with E-state index in [0.29, 0.717) is 6.42 Å². The lowest BCUT2D eigenvalue weighted by Crippen LogP contribution is -2.27. The molecule has 5 heteroatoms. The van der Waals surface area contributed by atoms with Crippen LogP contribution in [0.5, 0.6) is 0 Å². The molecule has 13 heavy (non-hydrogen) atoms. The van der Waals surface area contributed by atoms with E-state index in [-0.39, 0.29) is 24.3 Å². The number of nitrogens with zero attached hydrogens (tertiary/aromatic N) is 3. The van der Waals surface area contributed by atoms with Gasteiger partial charge < -0.3 is 5.11 Å². The standard InChI is InChI=1S/C8H13N3O2/c9-11-10-5-8(13)6-2-1-3-7(12)4-6/h6-7,12H,1-5H2. The smallest absolute Gasteiger partial charge is 0.141 e. The maximum absolute atomic E-state index is 11.3. The van der Waals surface area contributed by atoms with Crippen molar-refractivity contribution in [1.29, 1.82) is 0 Å². The Kier molecular flexibility index (Phi) is 3.73. The van der Waals surface area contributed by atoms with Crippen LogP contribution in [0.3, 0.4) is 0 Å². The highest BCUT2D eigenvalue weighted by Gasteiger charge is 2.24. The Morgan fingerprint density at radius 2 is 2.38 bits per heavy atom. The second-order valence-corrected chi connectivity index (χ2v) is 3.37. The lowest BCUT2D eigenvalue weighted by atomic mass is 9.84. The predicted molar refractivity (Wildman–Crippen MR) is 47.0 cm³/mol. The summed E-state index contributed by atoms with van der Waals surface area (Å²) in [4.78, 5) is 13.9. The number of ketones is 1. The first-order chi connectivity index (χ1) is 6.24. The van der Waals surface area contributed by atoms with E-state index in [1.165, 1.54) is 0 Å². The molecule has 0 saturated heterocycles. The highest BCUT2D eigenvalue weighted by atomic mass is 16.3. The molecule has 0 spiro atoms. The average molecular weight is 183 g/mol. The molecule has 0 aromatic heterocycles. The zero-order valence-electron chi connectivity index (χ0n) is 7.39. The number of carbonyl (C=O) groups excluding carboxylic acids is 1. The molecule has 0 radical (unpaired) electrons. The Hall–Kier alpha value is -1.06. The summed E-state index contributed by atoms with van der Waals surface area (Å²) in [5.74, 6) is -0.147. The monoisotopic (exact) mass is 183 g/mol. The first kappa shape index (κ1) is 10.0. The van der Waals surface area contributed by atoms with E-state index < -0.39 is 0 Å². The number of aliphatic hydroxyl groups is 1. The van der Waals surface area contributed by atoms with Gasteiger partial charge in [0.15, 0.2) is 0 Å². The van der Waals surface area contributed by atoms with Crippen LogP contribution in [0.4, 0.5) is 0 Å². The van der Waals surface area contributed by atoms with E-state index in [1.54, 1.807) is 0 Å². The quantitative estimate of drug-likeness (QED) is 0.407. The van der Waals surface area contributed by atoms with Crippen molar-refractivity contribution in [3.63, 3.8) is 0 Å². The number of azide groups is 1. The van der Waals surface area contributed by atoms with Gasteiger partial charge in [-0.05, 0) is 24.8 Å². The fraction of sp³-hybridized carbons (Fsp3) is 0.875. The zero-order valence-corrected chi connectivity index (χ0v) is 7.39. The molecule has 0 heterocycles. The van der Waals surface area contributed by atoms with E-state index in [0.717, 1.165) is 19.3 Å². The van der Waals surface area contributed by atoms with Gasteiger partial charge in [0.2, 0.25) is 0 Å². The third-order valence-corrected chi connectivity index (χ3v) is 2.39. The second kappa shape index (κ2) is 4.84. The summed E-state index contributed by atoms with van der Waals surface area (Å²) in [5.41, 5.74) is 8.02. The van der Waals surface area contributed by atoms with E-state index in [1.807, 2.05) is 0 Å². The van der Waals surface area contributed by atoms with Gasteiger partial charge in [-0.25, -0.2) is 0 Å². The van der Waals surface area contributed by atoms with Crippen LogP contribution in [-0.2, 0) is 4.79 Å². The maximum atomic E-state index is 11.3. The molecule has 2 atom stereocenters. The minimum atomic E-state index is -0.353. The van der Waals surface area contributed by atoms with Crippen LogP contribution < -0.4 is 0 Å². The summed E-state index contributed by atoms with van der Waals surface area (Å²) in [6, 6.07) is 0. The van der Waals surface area contributed by atoms with Gasteiger partial charge in [0, 0.05) is 10.8 Å². The van der Waals surface area contributed by atoms with Crippen LogP contribution in [0.25, 0.3) is 10.4 Å². The summed E-state index contributed by atoms with van der Waals surface area (Å²) in [5, 5.41) is 12.5. The summed E-state index contributed by atoms with van der Waals surface area (Å²) in [6.45, 7) is -0.0755. The van der Waals surface area contributed by atoms with Crippen molar-refractivity contribution in [1.82, 2.24) is 0 Å². The summed E-state index contributed by atoms with van der Waals surface area (Å²) < 4.78 is 0. The lowest BCUT2D eigenvalue weighted by Gasteiger charge is -2.24. The Morgan fingerprint density at radius 1 is 1.62 bits per heavy atom. The molecule has 1 N–H and O–H groups in total. The number of hydrogen-bond acceptors (Lipinski definition) is 3. The molecule has 1 saturated carbocycles. The lowest BCUT2D eigenvalue weighted by molar-refractivity contribution is -0.123. The third kappa shape index (κ3) is 3.05. The average Bonchev–Trinajstić information content (AvgIpc) is 2.14. The van der Waals surface area contributed by atoms with Gasteiger partial charge in [-0.2, -0.15) is 0 Å².